The van der Waals surface area contributed by atoms with Gasteiger partial charge in [0.15, 0.2) is 5.69 Å². The maximum absolute atomic E-state index is 14.5. The zero-order chi connectivity index (χ0) is 23.1. The number of halogens is 1. The summed E-state index contributed by atoms with van der Waals surface area (Å²) in [5.41, 5.74) is 8.32. The minimum Gasteiger partial charge on any atom is -0.481 e. The summed E-state index contributed by atoms with van der Waals surface area (Å²) in [5, 5.41) is 0. The van der Waals surface area contributed by atoms with Crippen molar-refractivity contribution in [3.63, 3.8) is 0 Å². The molecule has 2 aliphatic rings. The fourth-order valence-corrected chi connectivity index (χ4v) is 4.26. The molecule has 168 valence electrons. The number of ether oxygens (including phenoxy) is 1. The van der Waals surface area contributed by atoms with Crippen LogP contribution < -0.4 is 10.5 Å². The Kier molecular flexibility index (Phi) is 5.30. The topological polar surface area (TPSA) is 90.6 Å². The highest BCUT2D eigenvalue weighted by atomic mass is 19.1. The molecule has 0 spiro atoms. The van der Waals surface area contributed by atoms with Crippen molar-refractivity contribution in [2.75, 3.05) is 20.2 Å². The fourth-order valence-electron chi connectivity index (χ4n) is 4.26. The molecular weight excluding hydrogens is 423 g/mol. The molecule has 2 fully saturated rings. The van der Waals surface area contributed by atoms with E-state index >= 15 is 0 Å². The number of nitrogens with zero attached hydrogens (tertiary/aromatic N) is 5. The van der Waals surface area contributed by atoms with Crippen LogP contribution in [0, 0.1) is 12.4 Å². The fraction of sp³-hybridized carbons (Fsp3) is 0.333. The lowest BCUT2D eigenvalue weighted by Gasteiger charge is -2.16. The van der Waals surface area contributed by atoms with Crippen molar-refractivity contribution in [1.29, 1.82) is 0 Å². The molecule has 2 N–H and O–H groups in total. The van der Waals surface area contributed by atoms with Gasteiger partial charge >= 0.3 is 0 Å². The van der Waals surface area contributed by atoms with Gasteiger partial charge in [-0.2, -0.15) is 0 Å². The van der Waals surface area contributed by atoms with Crippen LogP contribution in [0.5, 0.6) is 5.88 Å². The zero-order valence-corrected chi connectivity index (χ0v) is 18.2. The van der Waals surface area contributed by atoms with Crippen molar-refractivity contribution in [3.05, 3.63) is 65.2 Å². The Balaban J connectivity index is 1.70. The molecule has 3 aromatic rings. The molecule has 1 saturated carbocycles. The van der Waals surface area contributed by atoms with Crippen molar-refractivity contribution >= 4 is 11.6 Å². The summed E-state index contributed by atoms with van der Waals surface area (Å²) in [6.45, 7) is 8.21. The van der Waals surface area contributed by atoms with Crippen LogP contribution >= 0.6 is 0 Å². The van der Waals surface area contributed by atoms with E-state index in [1.54, 1.807) is 30.3 Å². The predicted molar refractivity (Wildman–Crippen MR) is 120 cm³/mol. The second kappa shape index (κ2) is 8.30. The van der Waals surface area contributed by atoms with Gasteiger partial charge in [0.25, 0.3) is 5.91 Å². The van der Waals surface area contributed by atoms with E-state index in [1.165, 1.54) is 12.1 Å². The van der Waals surface area contributed by atoms with Gasteiger partial charge in [-0.15, -0.1) is 0 Å². The number of carbonyl (C=O) groups is 1. The molecule has 0 radical (unpaired) electrons. The smallest absolute Gasteiger partial charge is 0.274 e. The average molecular weight is 446 g/mol. The van der Waals surface area contributed by atoms with Crippen molar-refractivity contribution < 1.29 is 13.9 Å². The Morgan fingerprint density at radius 1 is 1.27 bits per heavy atom. The number of hydrogen-bond donors (Lipinski definition) is 1. The predicted octanol–water partition coefficient (Wildman–Crippen LogP) is 3.68. The molecule has 3 heterocycles. The Morgan fingerprint density at radius 2 is 2.09 bits per heavy atom. The number of likely N-dealkylation sites (tertiary alicyclic amines) is 1. The molecule has 8 nitrogen and oxygen atoms in total. The van der Waals surface area contributed by atoms with E-state index < -0.39 is 5.82 Å². The molecule has 2 aromatic heterocycles. The van der Waals surface area contributed by atoms with Gasteiger partial charge in [0.1, 0.15) is 11.6 Å². The van der Waals surface area contributed by atoms with E-state index in [2.05, 4.69) is 9.83 Å². The summed E-state index contributed by atoms with van der Waals surface area (Å²) in [5.74, 6) is 0.283. The van der Waals surface area contributed by atoms with Crippen molar-refractivity contribution in [1.82, 2.24) is 19.4 Å². The normalized spacial score (nSPS) is 17.8. The Labute approximate surface area is 190 Å². The molecule has 1 atom stereocenters. The van der Waals surface area contributed by atoms with Gasteiger partial charge < -0.3 is 15.4 Å². The molecule has 9 heteroatoms. The first-order chi connectivity index (χ1) is 16.0. The average Bonchev–Trinajstić information content (AvgIpc) is 3.45. The van der Waals surface area contributed by atoms with E-state index in [9.17, 15) is 9.18 Å². The molecule has 1 saturated heterocycles. The Hall–Kier alpha value is -3.77. The number of benzene rings is 1. The van der Waals surface area contributed by atoms with E-state index in [4.69, 9.17) is 22.0 Å². The summed E-state index contributed by atoms with van der Waals surface area (Å²) in [4.78, 5) is 27.5. The molecule has 0 bridgehead atoms. The minimum atomic E-state index is -0.628. The maximum atomic E-state index is 14.5. The molecular formula is C24H23FN6O2. The molecule has 5 rings (SSSR count). The van der Waals surface area contributed by atoms with E-state index in [0.29, 0.717) is 41.7 Å². The molecule has 1 aliphatic carbocycles. The van der Waals surface area contributed by atoms with Gasteiger partial charge in [-0.05, 0) is 31.4 Å². The highest BCUT2D eigenvalue weighted by molar-refractivity contribution is 5.95. The number of aromatic nitrogens is 3. The second-order valence-electron chi connectivity index (χ2n) is 8.42. The minimum absolute atomic E-state index is 0.0408. The number of imidazole rings is 1. The molecule has 0 unspecified atom stereocenters. The number of hydrogen-bond acceptors (Lipinski definition) is 5. The van der Waals surface area contributed by atoms with Gasteiger partial charge in [0, 0.05) is 36.7 Å². The van der Waals surface area contributed by atoms with Gasteiger partial charge in [0.05, 0.1) is 31.3 Å². The first-order valence-electron chi connectivity index (χ1n) is 10.9. The number of pyridine rings is 1. The molecule has 33 heavy (non-hydrogen) atoms. The van der Waals surface area contributed by atoms with Gasteiger partial charge in [-0.25, -0.2) is 19.2 Å². The molecule has 1 aromatic carbocycles. The number of methoxy groups -OCH3 is 1. The summed E-state index contributed by atoms with van der Waals surface area (Å²) in [6, 6.07) is 7.91. The summed E-state index contributed by atoms with van der Waals surface area (Å²) in [6.07, 6.45) is 4.29. The first-order valence-corrected chi connectivity index (χ1v) is 10.9. The van der Waals surface area contributed by atoms with Crippen LogP contribution in [-0.2, 0) is 0 Å². The van der Waals surface area contributed by atoms with Gasteiger partial charge in [-0.3, -0.25) is 9.36 Å². The van der Waals surface area contributed by atoms with Crippen LogP contribution in [0.4, 0.5) is 10.1 Å². The van der Waals surface area contributed by atoms with E-state index in [0.717, 1.165) is 25.0 Å². The van der Waals surface area contributed by atoms with E-state index in [1.807, 2.05) is 10.6 Å². The number of carbonyl (C=O) groups excluding carboxylic acids is 1. The van der Waals surface area contributed by atoms with Crippen LogP contribution in [-0.4, -0.2) is 51.6 Å². The third kappa shape index (κ3) is 3.83. The third-order valence-electron chi connectivity index (χ3n) is 6.11. The SMILES string of the molecule is [C-]#[N+]c1ccc(-c2nc(C(=O)N3CC[C@@H](N)C3)c(C3CC3)n2-c2ccc(OC)nc2)cc1F. The van der Waals surface area contributed by atoms with Crippen LogP contribution in [0.3, 0.4) is 0 Å². The molecule has 1 aliphatic heterocycles. The van der Waals surface area contributed by atoms with Crippen molar-refractivity contribution in [3.8, 4) is 23.0 Å². The first kappa shape index (κ1) is 21.1. The highest BCUT2D eigenvalue weighted by Gasteiger charge is 2.38. The summed E-state index contributed by atoms with van der Waals surface area (Å²) < 4.78 is 21.6. The van der Waals surface area contributed by atoms with E-state index in [-0.39, 0.29) is 23.6 Å². The van der Waals surface area contributed by atoms with Gasteiger partial charge in [0.2, 0.25) is 11.6 Å². The summed E-state index contributed by atoms with van der Waals surface area (Å²) in [7, 11) is 1.54. The van der Waals surface area contributed by atoms with Crippen LogP contribution in [0.1, 0.15) is 41.4 Å². The lowest BCUT2D eigenvalue weighted by atomic mass is 10.1. The standard InChI is InChI=1S/C24H23FN6O2/c1-27-19-7-5-15(11-18(19)25)23-29-21(24(32)30-10-9-16(26)13-30)22(14-3-4-14)31(23)17-6-8-20(33-2)28-12-17/h5-8,11-12,14,16H,3-4,9-10,13,26H2,2H3/t16-/m1/s1. The zero-order valence-electron chi connectivity index (χ0n) is 18.2. The Bertz CT molecular complexity index is 1260. The second-order valence-corrected chi connectivity index (χ2v) is 8.42. The van der Waals surface area contributed by atoms with Crippen LogP contribution in [0.15, 0.2) is 36.5 Å². The van der Waals surface area contributed by atoms with Crippen LogP contribution in [0.25, 0.3) is 21.9 Å². The quantitative estimate of drug-likeness (QED) is 0.604. The van der Waals surface area contributed by atoms with Crippen molar-refractivity contribution in [2.24, 2.45) is 5.73 Å². The number of rotatable bonds is 5. The highest BCUT2D eigenvalue weighted by Crippen LogP contribution is 2.45. The van der Waals surface area contributed by atoms with Crippen molar-refractivity contribution in [2.45, 2.75) is 31.2 Å². The molecule has 1 amide bonds. The van der Waals surface area contributed by atoms with Gasteiger partial charge in [-0.1, -0.05) is 12.1 Å². The lowest BCUT2D eigenvalue weighted by molar-refractivity contribution is 0.0784. The third-order valence-corrected chi connectivity index (χ3v) is 6.11. The number of amides is 1. The Morgan fingerprint density at radius 3 is 2.67 bits per heavy atom. The monoisotopic (exact) mass is 446 g/mol. The largest absolute Gasteiger partial charge is 0.481 e. The number of nitrogens with two attached hydrogens (primary N) is 1. The summed E-state index contributed by atoms with van der Waals surface area (Å²) >= 11 is 0. The lowest BCUT2D eigenvalue weighted by Crippen LogP contribution is -2.32. The maximum Gasteiger partial charge on any atom is 0.274 e. The van der Waals surface area contributed by atoms with Crippen LogP contribution in [0.2, 0.25) is 0 Å².